The van der Waals surface area contributed by atoms with E-state index in [0.29, 0.717) is 31.6 Å². The van der Waals surface area contributed by atoms with Gasteiger partial charge in [0.2, 0.25) is 0 Å². The predicted octanol–water partition coefficient (Wildman–Crippen LogP) is 1.07. The summed E-state index contributed by atoms with van der Waals surface area (Å²) in [5.41, 5.74) is 6.07. The van der Waals surface area contributed by atoms with Gasteiger partial charge in [-0.3, -0.25) is 0 Å². The average Bonchev–Trinajstić information content (AvgIpc) is 2.32. The number of carboxylic acid groups (broad SMARTS) is 1. The maximum Gasteiger partial charge on any atom is 0.338 e. The molecule has 1 aromatic carbocycles. The summed E-state index contributed by atoms with van der Waals surface area (Å²) in [5.74, 6) is -2.13. The third kappa shape index (κ3) is 2.38. The Hall–Kier alpha value is -1.82. The number of aliphatic hydroxyl groups excluding tert-OH is 1. The van der Waals surface area contributed by atoms with Gasteiger partial charge in [-0.15, -0.1) is 0 Å². The molecule has 0 spiro atoms. The van der Waals surface area contributed by atoms with Gasteiger partial charge in [0.1, 0.15) is 5.82 Å². The molecule has 1 aliphatic heterocycles. The molecule has 0 unspecified atom stereocenters. The summed E-state index contributed by atoms with van der Waals surface area (Å²) >= 11 is 0. The summed E-state index contributed by atoms with van der Waals surface area (Å²) in [6, 6.07) is 2.29. The first kappa shape index (κ1) is 12.6. The van der Waals surface area contributed by atoms with Crippen LogP contribution in [0.5, 0.6) is 0 Å². The number of carboxylic acids is 1. The molecule has 0 amide bonds. The number of benzene rings is 1. The molecular weight excluding hydrogens is 239 g/mol. The minimum Gasteiger partial charge on any atom is -0.478 e. The molecule has 1 aromatic rings. The minimum atomic E-state index is -1.33. The molecule has 5 nitrogen and oxygen atoms in total. The SMILES string of the molecule is Nc1cc(C(=O)O)c(F)cc1N1CCC(O)CC1. The zero-order chi connectivity index (χ0) is 13.3. The molecule has 18 heavy (non-hydrogen) atoms. The van der Waals surface area contributed by atoms with Crippen molar-refractivity contribution in [2.45, 2.75) is 18.9 Å². The lowest BCUT2D eigenvalue weighted by Crippen LogP contribution is -2.36. The molecule has 1 fully saturated rings. The Morgan fingerprint density at radius 3 is 2.56 bits per heavy atom. The molecule has 0 aromatic heterocycles. The molecular formula is C12H15FN2O3. The highest BCUT2D eigenvalue weighted by molar-refractivity contribution is 5.91. The number of rotatable bonds is 2. The van der Waals surface area contributed by atoms with E-state index in [1.165, 1.54) is 0 Å². The van der Waals surface area contributed by atoms with E-state index in [2.05, 4.69) is 0 Å². The number of hydrogen-bond acceptors (Lipinski definition) is 4. The second-order valence-electron chi connectivity index (χ2n) is 4.41. The maximum atomic E-state index is 13.6. The fourth-order valence-corrected chi connectivity index (χ4v) is 2.12. The van der Waals surface area contributed by atoms with Crippen LogP contribution in [-0.4, -0.2) is 35.4 Å². The number of nitrogens with zero attached hydrogens (tertiary/aromatic N) is 1. The van der Waals surface area contributed by atoms with Crippen molar-refractivity contribution >= 4 is 17.3 Å². The summed E-state index contributed by atoms with van der Waals surface area (Å²) in [6.07, 6.45) is 0.870. The van der Waals surface area contributed by atoms with Gasteiger partial charge in [-0.05, 0) is 18.9 Å². The number of aromatic carboxylic acids is 1. The fourth-order valence-electron chi connectivity index (χ4n) is 2.12. The van der Waals surface area contributed by atoms with Crippen LogP contribution in [0.2, 0.25) is 0 Å². The first-order valence-corrected chi connectivity index (χ1v) is 5.74. The van der Waals surface area contributed by atoms with Crippen LogP contribution in [0.3, 0.4) is 0 Å². The van der Waals surface area contributed by atoms with E-state index in [-0.39, 0.29) is 11.8 Å². The van der Waals surface area contributed by atoms with Crippen molar-refractivity contribution in [3.63, 3.8) is 0 Å². The van der Waals surface area contributed by atoms with Gasteiger partial charge in [0.25, 0.3) is 0 Å². The van der Waals surface area contributed by atoms with E-state index in [0.717, 1.165) is 12.1 Å². The van der Waals surface area contributed by atoms with Gasteiger partial charge in [-0.1, -0.05) is 0 Å². The van der Waals surface area contributed by atoms with Crippen LogP contribution in [0.1, 0.15) is 23.2 Å². The normalized spacial score (nSPS) is 16.9. The largest absolute Gasteiger partial charge is 0.478 e. The number of aliphatic hydroxyl groups is 1. The molecule has 1 saturated heterocycles. The van der Waals surface area contributed by atoms with Crippen LogP contribution >= 0.6 is 0 Å². The van der Waals surface area contributed by atoms with Crippen molar-refractivity contribution in [1.82, 2.24) is 0 Å². The van der Waals surface area contributed by atoms with Crippen LogP contribution in [0.25, 0.3) is 0 Å². The lowest BCUT2D eigenvalue weighted by Gasteiger charge is -2.32. The van der Waals surface area contributed by atoms with Gasteiger partial charge >= 0.3 is 5.97 Å². The van der Waals surface area contributed by atoms with Crippen molar-refractivity contribution in [3.8, 4) is 0 Å². The summed E-state index contributed by atoms with van der Waals surface area (Å²) in [6.45, 7) is 1.16. The molecule has 6 heteroatoms. The summed E-state index contributed by atoms with van der Waals surface area (Å²) in [5, 5.41) is 18.2. The summed E-state index contributed by atoms with van der Waals surface area (Å²) in [7, 11) is 0. The number of nitrogen functional groups attached to an aromatic ring is 1. The monoisotopic (exact) mass is 254 g/mol. The lowest BCUT2D eigenvalue weighted by molar-refractivity contribution is 0.0692. The smallest absolute Gasteiger partial charge is 0.338 e. The quantitative estimate of drug-likeness (QED) is 0.687. The Bertz CT molecular complexity index is 471. The first-order chi connectivity index (χ1) is 8.49. The topological polar surface area (TPSA) is 86.8 Å². The highest BCUT2D eigenvalue weighted by Gasteiger charge is 2.21. The Kier molecular flexibility index (Phi) is 3.38. The van der Waals surface area contributed by atoms with E-state index < -0.39 is 17.3 Å². The van der Waals surface area contributed by atoms with Crippen LogP contribution < -0.4 is 10.6 Å². The van der Waals surface area contributed by atoms with E-state index in [9.17, 15) is 14.3 Å². The van der Waals surface area contributed by atoms with Gasteiger partial charge in [0.05, 0.1) is 23.0 Å². The third-order valence-corrected chi connectivity index (χ3v) is 3.15. The molecule has 0 radical (unpaired) electrons. The van der Waals surface area contributed by atoms with Crippen LogP contribution in [0, 0.1) is 5.82 Å². The number of anilines is 2. The molecule has 0 atom stereocenters. The van der Waals surface area contributed by atoms with Crippen LogP contribution in [0.4, 0.5) is 15.8 Å². The molecule has 1 aliphatic rings. The van der Waals surface area contributed by atoms with Crippen LogP contribution in [-0.2, 0) is 0 Å². The van der Waals surface area contributed by atoms with Crippen molar-refractivity contribution in [1.29, 1.82) is 0 Å². The predicted molar refractivity (Wildman–Crippen MR) is 65.2 cm³/mol. The number of hydrogen-bond donors (Lipinski definition) is 3. The maximum absolute atomic E-state index is 13.6. The second kappa shape index (κ2) is 4.81. The van der Waals surface area contributed by atoms with Crippen molar-refractivity contribution < 1.29 is 19.4 Å². The first-order valence-electron chi connectivity index (χ1n) is 5.74. The van der Waals surface area contributed by atoms with Crippen molar-refractivity contribution in [2.24, 2.45) is 0 Å². The Balaban J connectivity index is 2.29. The molecule has 1 heterocycles. The van der Waals surface area contributed by atoms with E-state index in [4.69, 9.17) is 10.8 Å². The average molecular weight is 254 g/mol. The van der Waals surface area contributed by atoms with Gasteiger partial charge in [0, 0.05) is 19.2 Å². The van der Waals surface area contributed by atoms with Gasteiger partial charge < -0.3 is 20.8 Å². The third-order valence-electron chi connectivity index (χ3n) is 3.15. The zero-order valence-corrected chi connectivity index (χ0v) is 9.77. The number of piperidine rings is 1. The van der Waals surface area contributed by atoms with Crippen molar-refractivity contribution in [3.05, 3.63) is 23.5 Å². The Labute approximate surface area is 104 Å². The number of carbonyl (C=O) groups is 1. The molecule has 2 rings (SSSR count). The molecule has 0 aliphatic carbocycles. The van der Waals surface area contributed by atoms with E-state index in [1.807, 2.05) is 4.90 Å². The summed E-state index contributed by atoms with van der Waals surface area (Å²) < 4.78 is 13.6. The standard InChI is InChI=1S/C12H15FN2O3/c13-9-6-11(10(14)5-8(9)12(17)18)15-3-1-7(16)2-4-15/h5-7,16H,1-4,14H2,(H,17,18). The highest BCUT2D eigenvalue weighted by atomic mass is 19.1. The molecule has 0 bridgehead atoms. The van der Waals surface area contributed by atoms with E-state index >= 15 is 0 Å². The number of halogens is 1. The van der Waals surface area contributed by atoms with Gasteiger partial charge in [0.15, 0.2) is 0 Å². The Morgan fingerprint density at radius 1 is 1.39 bits per heavy atom. The molecule has 0 saturated carbocycles. The summed E-state index contributed by atoms with van der Waals surface area (Å²) in [4.78, 5) is 12.6. The van der Waals surface area contributed by atoms with E-state index in [1.54, 1.807) is 0 Å². The van der Waals surface area contributed by atoms with Crippen LogP contribution in [0.15, 0.2) is 12.1 Å². The fraction of sp³-hybridized carbons (Fsp3) is 0.417. The zero-order valence-electron chi connectivity index (χ0n) is 9.77. The van der Waals surface area contributed by atoms with Gasteiger partial charge in [-0.2, -0.15) is 0 Å². The van der Waals surface area contributed by atoms with Crippen molar-refractivity contribution in [2.75, 3.05) is 23.7 Å². The molecule has 98 valence electrons. The molecule has 4 N–H and O–H groups in total. The number of nitrogens with two attached hydrogens (primary N) is 1. The lowest BCUT2D eigenvalue weighted by atomic mass is 10.1. The Morgan fingerprint density at radius 2 is 2.00 bits per heavy atom. The highest BCUT2D eigenvalue weighted by Crippen LogP contribution is 2.29. The minimum absolute atomic E-state index is 0.241. The second-order valence-corrected chi connectivity index (χ2v) is 4.41. The van der Waals surface area contributed by atoms with Gasteiger partial charge in [-0.25, -0.2) is 9.18 Å².